The number of halogens is 1. The summed E-state index contributed by atoms with van der Waals surface area (Å²) in [5, 5.41) is 9.27. The van der Waals surface area contributed by atoms with E-state index in [0.29, 0.717) is 34.1 Å². The zero-order valence-electron chi connectivity index (χ0n) is 17.2. The molecular formula is C21H23FN6O3. The maximum Gasteiger partial charge on any atom is 0.328 e. The molecule has 162 valence electrons. The Labute approximate surface area is 178 Å². The van der Waals surface area contributed by atoms with Gasteiger partial charge < -0.3 is 25.4 Å². The maximum atomic E-state index is 14.2. The molecule has 1 aliphatic carbocycles. The molecule has 3 aromatic rings. The number of anilines is 3. The molecule has 1 fully saturated rings. The number of rotatable bonds is 2. The van der Waals surface area contributed by atoms with Crippen LogP contribution >= 0.6 is 0 Å². The molecule has 1 saturated carbocycles. The summed E-state index contributed by atoms with van der Waals surface area (Å²) in [4.78, 5) is 22.0. The van der Waals surface area contributed by atoms with Gasteiger partial charge in [-0.2, -0.15) is 0 Å². The van der Waals surface area contributed by atoms with E-state index in [1.807, 2.05) is 24.3 Å². The largest absolute Gasteiger partial charge is 0.495 e. The highest BCUT2D eigenvalue weighted by Crippen LogP contribution is 2.33. The lowest BCUT2D eigenvalue weighted by atomic mass is 10.1. The van der Waals surface area contributed by atoms with E-state index in [4.69, 9.17) is 9.47 Å². The second kappa shape index (κ2) is 7.69. The maximum absolute atomic E-state index is 14.2. The van der Waals surface area contributed by atoms with Gasteiger partial charge in [-0.3, -0.25) is 0 Å². The molecule has 0 spiro atoms. The van der Waals surface area contributed by atoms with Crippen molar-refractivity contribution in [2.75, 3.05) is 24.8 Å². The minimum absolute atomic E-state index is 0.207. The zero-order chi connectivity index (χ0) is 21.5. The fraction of sp³-hybridized carbons (Fsp3) is 0.381. The Morgan fingerprint density at radius 2 is 2.19 bits per heavy atom. The molecule has 9 nitrogen and oxygen atoms in total. The molecule has 3 atom stereocenters. The molecule has 10 heteroatoms. The van der Waals surface area contributed by atoms with Crippen LogP contribution in [0.25, 0.3) is 11.2 Å². The number of hydrogen-bond donors (Lipinski definition) is 3. The molecule has 1 amide bonds. The van der Waals surface area contributed by atoms with Crippen molar-refractivity contribution in [1.82, 2.24) is 19.9 Å². The summed E-state index contributed by atoms with van der Waals surface area (Å²) in [7, 11) is 3.37. The molecule has 3 heterocycles. The predicted molar refractivity (Wildman–Crippen MR) is 114 cm³/mol. The molecule has 1 aromatic carbocycles. The molecule has 3 N–H and O–H groups in total. The van der Waals surface area contributed by atoms with E-state index in [9.17, 15) is 9.18 Å². The Balaban J connectivity index is 1.66. The molecule has 31 heavy (non-hydrogen) atoms. The van der Waals surface area contributed by atoms with Crippen molar-refractivity contribution >= 4 is 34.4 Å². The Morgan fingerprint density at radius 3 is 3.00 bits per heavy atom. The van der Waals surface area contributed by atoms with Crippen molar-refractivity contribution < 1.29 is 18.7 Å². The lowest BCUT2D eigenvalue weighted by molar-refractivity contribution is 0.0273. The van der Waals surface area contributed by atoms with E-state index in [1.165, 1.54) is 10.9 Å². The number of nitrogens with zero attached hydrogens (tertiary/aromatic N) is 3. The van der Waals surface area contributed by atoms with Gasteiger partial charge in [0.15, 0.2) is 5.65 Å². The Morgan fingerprint density at radius 1 is 1.32 bits per heavy atom. The summed E-state index contributed by atoms with van der Waals surface area (Å²) >= 11 is 0. The van der Waals surface area contributed by atoms with E-state index >= 15 is 0 Å². The van der Waals surface area contributed by atoms with E-state index in [0.717, 1.165) is 5.56 Å². The number of benzene rings is 1. The van der Waals surface area contributed by atoms with Gasteiger partial charge in [0, 0.05) is 26.0 Å². The summed E-state index contributed by atoms with van der Waals surface area (Å²) in [6, 6.07) is 6.62. The van der Waals surface area contributed by atoms with Gasteiger partial charge >= 0.3 is 6.03 Å². The van der Waals surface area contributed by atoms with Crippen molar-refractivity contribution in [2.45, 2.75) is 37.8 Å². The van der Waals surface area contributed by atoms with Gasteiger partial charge in [0.05, 0.1) is 37.2 Å². The average Bonchev–Trinajstić information content (AvgIpc) is 3.34. The minimum Gasteiger partial charge on any atom is -0.495 e. The van der Waals surface area contributed by atoms with E-state index in [-0.39, 0.29) is 19.4 Å². The van der Waals surface area contributed by atoms with Crippen LogP contribution in [0, 0.1) is 0 Å². The molecular weight excluding hydrogens is 403 g/mol. The number of amides is 1. The third-order valence-corrected chi connectivity index (χ3v) is 5.74. The Kier molecular flexibility index (Phi) is 4.85. The van der Waals surface area contributed by atoms with Crippen LogP contribution < -0.4 is 20.7 Å². The third-order valence-electron chi connectivity index (χ3n) is 5.74. The zero-order valence-corrected chi connectivity index (χ0v) is 17.2. The fourth-order valence-corrected chi connectivity index (χ4v) is 4.18. The van der Waals surface area contributed by atoms with Crippen molar-refractivity contribution in [3.05, 3.63) is 36.2 Å². The summed E-state index contributed by atoms with van der Waals surface area (Å²) in [6.45, 7) is 0.285. The number of ether oxygens (including phenoxy) is 2. The van der Waals surface area contributed by atoms with Crippen LogP contribution in [-0.4, -0.2) is 53.0 Å². The first-order chi connectivity index (χ1) is 15.1. The molecule has 0 saturated heterocycles. The van der Waals surface area contributed by atoms with Crippen molar-refractivity contribution in [2.24, 2.45) is 0 Å². The minimum atomic E-state index is -1.03. The third kappa shape index (κ3) is 3.52. The summed E-state index contributed by atoms with van der Waals surface area (Å²) in [6.07, 6.45) is 0.413. The predicted octanol–water partition coefficient (Wildman–Crippen LogP) is 3.18. The Hall–Kier alpha value is -3.40. The smallest absolute Gasteiger partial charge is 0.328 e. The van der Waals surface area contributed by atoms with E-state index in [2.05, 4.69) is 25.9 Å². The van der Waals surface area contributed by atoms with Gasteiger partial charge in [-0.1, -0.05) is 6.07 Å². The number of imidazole rings is 1. The van der Waals surface area contributed by atoms with Crippen molar-refractivity contribution in [3.8, 4) is 5.75 Å². The topological polar surface area (TPSA) is 102 Å². The number of carbonyl (C=O) groups is 1. The first kappa shape index (κ1) is 19.6. The van der Waals surface area contributed by atoms with Gasteiger partial charge in [-0.25, -0.2) is 23.7 Å². The number of pyridine rings is 1. The summed E-state index contributed by atoms with van der Waals surface area (Å²) in [5.74, 6) is 1.15. The van der Waals surface area contributed by atoms with E-state index < -0.39 is 24.3 Å². The number of hydrogen-bond acceptors (Lipinski definition) is 7. The molecule has 0 radical (unpaired) electrons. The number of methoxy groups -OCH3 is 1. The van der Waals surface area contributed by atoms with Crippen LogP contribution in [0.4, 0.5) is 26.4 Å². The van der Waals surface area contributed by atoms with Crippen LogP contribution in [0.2, 0.25) is 0 Å². The van der Waals surface area contributed by atoms with Crippen LogP contribution in [0.3, 0.4) is 0 Å². The van der Waals surface area contributed by atoms with Gasteiger partial charge in [-0.15, -0.1) is 0 Å². The lowest BCUT2D eigenvalue weighted by Gasteiger charge is -2.22. The molecule has 3 unspecified atom stereocenters. The average molecular weight is 426 g/mol. The van der Waals surface area contributed by atoms with Gasteiger partial charge in [0.2, 0.25) is 0 Å². The summed E-state index contributed by atoms with van der Waals surface area (Å²) < 4.78 is 27.0. The van der Waals surface area contributed by atoms with Gasteiger partial charge in [0.25, 0.3) is 0 Å². The molecule has 2 aromatic heterocycles. The second-order valence-corrected chi connectivity index (χ2v) is 7.73. The number of nitrogens with one attached hydrogen (secondary N) is 3. The van der Waals surface area contributed by atoms with Crippen LogP contribution in [0.5, 0.6) is 5.75 Å². The highest BCUT2D eigenvalue weighted by molar-refractivity contribution is 5.94. The number of fused-ring (bicyclic) bond motifs is 4. The number of carbonyl (C=O) groups excluding carboxylic acids is 1. The monoisotopic (exact) mass is 426 g/mol. The molecule has 4 bridgehead atoms. The highest BCUT2D eigenvalue weighted by Gasteiger charge is 2.37. The number of alkyl halides is 1. The Bertz CT molecular complexity index is 1150. The van der Waals surface area contributed by atoms with E-state index in [1.54, 1.807) is 14.2 Å². The molecule has 2 aliphatic rings. The normalized spacial score (nSPS) is 23.1. The van der Waals surface area contributed by atoms with Crippen LogP contribution in [-0.2, 0) is 11.3 Å². The van der Waals surface area contributed by atoms with Crippen molar-refractivity contribution in [3.63, 3.8) is 0 Å². The molecule has 1 aliphatic heterocycles. The fourth-order valence-electron chi connectivity index (χ4n) is 4.18. The first-order valence-electron chi connectivity index (χ1n) is 10.1. The highest BCUT2D eigenvalue weighted by atomic mass is 19.1. The quantitative estimate of drug-likeness (QED) is 0.578. The SMILES string of the molecule is CNc1cc2nc3c1ncn3C(=O)NC1CC(F)CC1OCc1ccc(OC)c(c1)N2. The lowest BCUT2D eigenvalue weighted by Crippen LogP contribution is -2.43. The standard InChI is InChI=1S/C21H23FN6O3/c1-23-15-8-18-25-13-5-11(3-4-16(13)30-2)9-31-17-7-12(22)6-14(17)26-21(29)28-10-24-19(15)20(28)27-18/h3-5,8,10,12,14,17H,6-7,9H2,1-2H3,(H,26,29)(H2,23,25,27). The molecule has 5 rings (SSSR count). The van der Waals surface area contributed by atoms with Gasteiger partial charge in [-0.05, 0) is 17.7 Å². The summed E-state index contributed by atoms with van der Waals surface area (Å²) in [5.41, 5.74) is 3.25. The number of aromatic nitrogens is 3. The van der Waals surface area contributed by atoms with Crippen LogP contribution in [0.15, 0.2) is 30.6 Å². The second-order valence-electron chi connectivity index (χ2n) is 7.73. The van der Waals surface area contributed by atoms with Gasteiger partial charge in [0.1, 0.15) is 29.6 Å². The van der Waals surface area contributed by atoms with Crippen molar-refractivity contribution in [1.29, 1.82) is 0 Å². The first-order valence-corrected chi connectivity index (χ1v) is 10.1. The van der Waals surface area contributed by atoms with Crippen LogP contribution in [0.1, 0.15) is 18.4 Å².